The summed E-state index contributed by atoms with van der Waals surface area (Å²) in [5, 5.41) is 0. The fourth-order valence-corrected chi connectivity index (χ4v) is 8.91. The molecule has 0 radical (unpaired) electrons. The predicted molar refractivity (Wildman–Crippen MR) is 106 cm³/mol. The van der Waals surface area contributed by atoms with Crippen LogP contribution in [-0.4, -0.2) is 53.3 Å². The molecule has 4 nitrogen and oxygen atoms in total. The van der Waals surface area contributed by atoms with Crippen molar-refractivity contribution in [2.45, 2.75) is 38.5 Å². The van der Waals surface area contributed by atoms with Crippen molar-refractivity contribution in [2.24, 2.45) is 4.74 Å². The first-order chi connectivity index (χ1) is 11.8. The zero-order chi connectivity index (χ0) is 16.4. The van der Waals surface area contributed by atoms with Crippen LogP contribution in [-0.2, 0) is 0 Å². The molecular formula is C18H28BrN4P. The number of benzene rings is 1. The number of halogens is 1. The van der Waals surface area contributed by atoms with Crippen molar-refractivity contribution < 1.29 is 0 Å². The van der Waals surface area contributed by atoms with Crippen LogP contribution in [0.4, 0.5) is 5.69 Å². The van der Waals surface area contributed by atoms with Crippen LogP contribution in [0.5, 0.6) is 0 Å². The van der Waals surface area contributed by atoms with E-state index >= 15 is 0 Å². The minimum absolute atomic E-state index is 1.13. The van der Waals surface area contributed by atoms with Crippen molar-refractivity contribution >= 4 is 29.1 Å². The van der Waals surface area contributed by atoms with Crippen LogP contribution in [0.25, 0.3) is 0 Å². The summed E-state index contributed by atoms with van der Waals surface area (Å²) < 4.78 is 15.0. The van der Waals surface area contributed by atoms with Gasteiger partial charge >= 0.3 is 0 Å². The Kier molecular flexibility index (Phi) is 5.45. The molecule has 0 atom stereocenters. The van der Waals surface area contributed by atoms with Gasteiger partial charge in [-0.2, -0.15) is 0 Å². The summed E-state index contributed by atoms with van der Waals surface area (Å²) in [6.45, 7) is 7.34. The van der Waals surface area contributed by atoms with Crippen LogP contribution >= 0.6 is 23.4 Å². The van der Waals surface area contributed by atoms with Gasteiger partial charge in [0.1, 0.15) is 0 Å². The zero-order valence-electron chi connectivity index (χ0n) is 14.4. The molecule has 0 saturated carbocycles. The van der Waals surface area contributed by atoms with E-state index in [-0.39, 0.29) is 0 Å². The minimum Gasteiger partial charge on any atom is -0.246 e. The molecule has 0 unspecified atom stereocenters. The highest BCUT2D eigenvalue weighted by atomic mass is 79.9. The third kappa shape index (κ3) is 3.26. The van der Waals surface area contributed by atoms with Gasteiger partial charge in [-0.3, -0.25) is 0 Å². The van der Waals surface area contributed by atoms with E-state index in [1.807, 2.05) is 0 Å². The standard InChI is InChI=1S/C18H28BrN4P/c19-17-7-9-18(10-8-17)20-24(21-11-1-2-12-21,22-13-3-4-14-22)23-15-5-6-16-23/h7-10H,1-6,11-16H2. The summed E-state index contributed by atoms with van der Waals surface area (Å²) in [6, 6.07) is 8.62. The summed E-state index contributed by atoms with van der Waals surface area (Å²) in [4.78, 5) is 0. The van der Waals surface area contributed by atoms with Gasteiger partial charge in [0.2, 0.25) is 0 Å². The number of hydrogen-bond donors (Lipinski definition) is 0. The average molecular weight is 411 g/mol. The van der Waals surface area contributed by atoms with Gasteiger partial charge in [0.25, 0.3) is 0 Å². The zero-order valence-corrected chi connectivity index (χ0v) is 16.9. The molecule has 0 spiro atoms. The molecule has 1 aromatic carbocycles. The molecule has 4 rings (SSSR count). The van der Waals surface area contributed by atoms with Crippen molar-refractivity contribution in [3.63, 3.8) is 0 Å². The second kappa shape index (κ2) is 7.59. The highest BCUT2D eigenvalue weighted by molar-refractivity contribution is 9.10. The lowest BCUT2D eigenvalue weighted by Gasteiger charge is -2.45. The van der Waals surface area contributed by atoms with Gasteiger partial charge in [-0.25, -0.2) is 18.8 Å². The highest BCUT2D eigenvalue weighted by Gasteiger charge is 2.43. The Hall–Kier alpha value is -0.190. The van der Waals surface area contributed by atoms with Crippen molar-refractivity contribution in [3.05, 3.63) is 28.7 Å². The SMILES string of the molecule is Brc1ccc(N=P(N2CCCC2)(N2CCCC2)N2CCCC2)cc1. The van der Waals surface area contributed by atoms with Crippen LogP contribution in [0.3, 0.4) is 0 Å². The third-order valence-electron chi connectivity index (χ3n) is 5.46. The molecule has 0 aliphatic carbocycles. The van der Waals surface area contributed by atoms with Crippen molar-refractivity contribution in [1.29, 1.82) is 0 Å². The lowest BCUT2D eigenvalue weighted by molar-refractivity contribution is 0.384. The number of rotatable bonds is 4. The molecule has 0 aromatic heterocycles. The number of nitrogens with zero attached hydrogens (tertiary/aromatic N) is 4. The normalized spacial score (nSPS) is 24.0. The van der Waals surface area contributed by atoms with E-state index in [1.54, 1.807) is 0 Å². The van der Waals surface area contributed by atoms with E-state index in [1.165, 1.54) is 77.8 Å². The van der Waals surface area contributed by atoms with Gasteiger partial charge in [0.05, 0.1) is 5.69 Å². The molecular weight excluding hydrogens is 383 g/mol. The summed E-state index contributed by atoms with van der Waals surface area (Å²) in [5.74, 6) is 0. The van der Waals surface area contributed by atoms with Gasteiger partial charge in [-0.15, -0.1) is 0 Å². The first-order valence-electron chi connectivity index (χ1n) is 9.43. The van der Waals surface area contributed by atoms with E-state index in [0.29, 0.717) is 0 Å². The maximum atomic E-state index is 5.55. The molecule has 3 aliphatic heterocycles. The fourth-order valence-electron chi connectivity index (χ4n) is 4.30. The van der Waals surface area contributed by atoms with Gasteiger partial charge < -0.3 is 0 Å². The summed E-state index contributed by atoms with van der Waals surface area (Å²) in [5.41, 5.74) is 1.15. The van der Waals surface area contributed by atoms with E-state index < -0.39 is 7.51 Å². The molecule has 3 saturated heterocycles. The lowest BCUT2D eigenvalue weighted by Crippen LogP contribution is -2.38. The Morgan fingerprint density at radius 2 is 1.04 bits per heavy atom. The minimum atomic E-state index is -1.77. The van der Waals surface area contributed by atoms with Gasteiger partial charge in [-0.1, -0.05) is 15.9 Å². The van der Waals surface area contributed by atoms with Crippen LogP contribution < -0.4 is 0 Å². The van der Waals surface area contributed by atoms with Crippen LogP contribution in [0, 0.1) is 0 Å². The molecule has 24 heavy (non-hydrogen) atoms. The average Bonchev–Trinajstić information content (AvgIpc) is 3.37. The Balaban J connectivity index is 1.82. The molecule has 1 aromatic rings. The van der Waals surface area contributed by atoms with E-state index in [9.17, 15) is 0 Å². The van der Waals surface area contributed by atoms with Crippen molar-refractivity contribution in [1.82, 2.24) is 14.0 Å². The first-order valence-corrected chi connectivity index (χ1v) is 11.8. The van der Waals surface area contributed by atoms with E-state index in [2.05, 4.69) is 54.2 Å². The summed E-state index contributed by atoms with van der Waals surface area (Å²) in [6.07, 6.45) is 8.00. The smallest absolute Gasteiger partial charge is 0.172 e. The highest BCUT2D eigenvalue weighted by Crippen LogP contribution is 2.64. The van der Waals surface area contributed by atoms with Crippen molar-refractivity contribution in [2.75, 3.05) is 39.3 Å². The maximum absolute atomic E-state index is 5.55. The van der Waals surface area contributed by atoms with Gasteiger partial charge in [-0.05, 0) is 62.8 Å². The van der Waals surface area contributed by atoms with E-state index in [4.69, 9.17) is 4.74 Å². The number of hydrogen-bond acceptors (Lipinski definition) is 1. The van der Waals surface area contributed by atoms with E-state index in [0.717, 1.165) is 10.2 Å². The second-order valence-electron chi connectivity index (χ2n) is 7.10. The van der Waals surface area contributed by atoms with Crippen LogP contribution in [0.2, 0.25) is 0 Å². The molecule has 6 heteroatoms. The third-order valence-corrected chi connectivity index (χ3v) is 9.97. The van der Waals surface area contributed by atoms with Gasteiger partial charge in [0, 0.05) is 43.7 Å². The van der Waals surface area contributed by atoms with Crippen LogP contribution in [0.1, 0.15) is 38.5 Å². The molecule has 3 fully saturated rings. The lowest BCUT2D eigenvalue weighted by atomic mass is 10.3. The monoisotopic (exact) mass is 410 g/mol. The Bertz CT molecular complexity index is 552. The predicted octanol–water partition coefficient (Wildman–Crippen LogP) is 5.31. The fraction of sp³-hybridized carbons (Fsp3) is 0.667. The molecule has 0 N–H and O–H groups in total. The maximum Gasteiger partial charge on any atom is 0.172 e. The molecule has 0 bridgehead atoms. The summed E-state index contributed by atoms with van der Waals surface area (Å²) >= 11 is 3.56. The van der Waals surface area contributed by atoms with Crippen LogP contribution in [0.15, 0.2) is 33.5 Å². The Labute approximate surface area is 154 Å². The Morgan fingerprint density at radius 3 is 1.42 bits per heavy atom. The molecule has 3 aliphatic rings. The molecule has 132 valence electrons. The summed E-state index contributed by atoms with van der Waals surface area (Å²) in [7, 11) is -1.77. The second-order valence-corrected chi connectivity index (χ2v) is 11.0. The topological polar surface area (TPSA) is 22.1 Å². The van der Waals surface area contributed by atoms with Gasteiger partial charge in [0.15, 0.2) is 7.51 Å². The molecule has 0 amide bonds. The largest absolute Gasteiger partial charge is 0.246 e. The van der Waals surface area contributed by atoms with Crippen molar-refractivity contribution in [3.8, 4) is 0 Å². The first kappa shape index (κ1) is 17.2. The molecule has 3 heterocycles. The Morgan fingerprint density at radius 1 is 0.667 bits per heavy atom. The quantitative estimate of drug-likeness (QED) is 0.627.